The standard InChI is InChI=1S/C22H22ClN5O3S/c1-4-16-21(32-20(24-16)15-8-7-14(23)11-19(15)30-3)25-22(29)31-12-13-6-9-18-17(10-13)26-27-28(18)5-2/h6-11H,4-5,12H2,1-3H3,(H,25,29). The molecule has 2 aromatic carbocycles. The van der Waals surface area contributed by atoms with E-state index in [0.29, 0.717) is 22.2 Å². The number of carbonyl (C=O) groups excluding carboxylic acids is 1. The number of nitrogens with one attached hydrogen (secondary N) is 1. The third kappa shape index (κ3) is 4.53. The average molecular weight is 472 g/mol. The van der Waals surface area contributed by atoms with Gasteiger partial charge in [0.05, 0.1) is 23.9 Å². The van der Waals surface area contributed by atoms with Gasteiger partial charge in [-0.25, -0.2) is 14.5 Å². The first-order valence-corrected chi connectivity index (χ1v) is 11.3. The fourth-order valence-corrected chi connectivity index (χ4v) is 4.50. The predicted octanol–water partition coefficient (Wildman–Crippen LogP) is 5.55. The molecule has 0 saturated carbocycles. The van der Waals surface area contributed by atoms with Crippen molar-refractivity contribution in [3.05, 3.63) is 52.7 Å². The van der Waals surface area contributed by atoms with Crippen LogP contribution in [0.3, 0.4) is 0 Å². The molecule has 0 unspecified atom stereocenters. The van der Waals surface area contributed by atoms with Crippen molar-refractivity contribution >= 4 is 45.1 Å². The van der Waals surface area contributed by atoms with Crippen molar-refractivity contribution in [1.29, 1.82) is 0 Å². The summed E-state index contributed by atoms with van der Waals surface area (Å²) in [6, 6.07) is 11.1. The molecule has 4 aromatic rings. The highest BCUT2D eigenvalue weighted by atomic mass is 35.5. The Balaban J connectivity index is 1.46. The third-order valence-corrected chi connectivity index (χ3v) is 6.17. The largest absolute Gasteiger partial charge is 0.496 e. The van der Waals surface area contributed by atoms with Crippen molar-refractivity contribution in [2.75, 3.05) is 12.4 Å². The number of hydrogen-bond acceptors (Lipinski definition) is 7. The van der Waals surface area contributed by atoms with E-state index in [1.54, 1.807) is 19.2 Å². The van der Waals surface area contributed by atoms with Gasteiger partial charge in [-0.3, -0.25) is 5.32 Å². The summed E-state index contributed by atoms with van der Waals surface area (Å²) in [5.74, 6) is 0.624. The molecular weight excluding hydrogens is 450 g/mol. The molecule has 0 fully saturated rings. The zero-order valence-electron chi connectivity index (χ0n) is 17.9. The first-order chi connectivity index (χ1) is 15.5. The molecule has 0 bridgehead atoms. The molecule has 0 atom stereocenters. The molecule has 0 radical (unpaired) electrons. The van der Waals surface area contributed by atoms with Crippen LogP contribution in [-0.2, 0) is 24.3 Å². The maximum absolute atomic E-state index is 12.5. The van der Waals surface area contributed by atoms with Gasteiger partial charge in [-0.1, -0.05) is 41.1 Å². The van der Waals surface area contributed by atoms with Gasteiger partial charge in [0, 0.05) is 11.6 Å². The summed E-state index contributed by atoms with van der Waals surface area (Å²) in [6.45, 7) is 4.85. The molecule has 0 aliphatic rings. The van der Waals surface area contributed by atoms with Gasteiger partial charge in [0.1, 0.15) is 27.9 Å². The van der Waals surface area contributed by atoms with Crippen LogP contribution in [0.1, 0.15) is 25.1 Å². The summed E-state index contributed by atoms with van der Waals surface area (Å²) in [4.78, 5) is 17.1. The Hall–Kier alpha value is -3.17. The highest BCUT2D eigenvalue weighted by Crippen LogP contribution is 2.38. The lowest BCUT2D eigenvalue weighted by atomic mass is 10.2. The van der Waals surface area contributed by atoms with Crippen molar-refractivity contribution in [1.82, 2.24) is 20.0 Å². The fraction of sp³-hybridized carbons (Fsp3) is 0.273. The van der Waals surface area contributed by atoms with E-state index in [9.17, 15) is 4.79 Å². The predicted molar refractivity (Wildman–Crippen MR) is 125 cm³/mol. The second-order valence-electron chi connectivity index (χ2n) is 6.92. The number of fused-ring (bicyclic) bond motifs is 1. The lowest BCUT2D eigenvalue weighted by molar-refractivity contribution is 0.155. The first kappa shape index (κ1) is 22.0. The molecule has 32 heavy (non-hydrogen) atoms. The quantitative estimate of drug-likeness (QED) is 0.380. The van der Waals surface area contributed by atoms with Crippen LogP contribution >= 0.6 is 22.9 Å². The summed E-state index contributed by atoms with van der Waals surface area (Å²) in [5, 5.41) is 13.0. The Morgan fingerprint density at radius 3 is 2.81 bits per heavy atom. The van der Waals surface area contributed by atoms with Crippen LogP contribution in [0.4, 0.5) is 9.80 Å². The molecule has 8 nitrogen and oxygen atoms in total. The maximum atomic E-state index is 12.5. The molecule has 166 valence electrons. The molecule has 10 heteroatoms. The van der Waals surface area contributed by atoms with E-state index >= 15 is 0 Å². The van der Waals surface area contributed by atoms with Crippen LogP contribution in [0.2, 0.25) is 5.02 Å². The van der Waals surface area contributed by atoms with Crippen LogP contribution in [0, 0.1) is 0 Å². The van der Waals surface area contributed by atoms with Gasteiger partial charge >= 0.3 is 6.09 Å². The summed E-state index contributed by atoms with van der Waals surface area (Å²) >= 11 is 7.43. The van der Waals surface area contributed by atoms with Crippen molar-refractivity contribution in [3.63, 3.8) is 0 Å². The zero-order valence-corrected chi connectivity index (χ0v) is 19.5. The Kier molecular flexibility index (Phi) is 6.57. The smallest absolute Gasteiger partial charge is 0.412 e. The number of anilines is 1. The third-order valence-electron chi connectivity index (χ3n) is 4.89. The summed E-state index contributed by atoms with van der Waals surface area (Å²) in [6.07, 6.45) is 0.112. The lowest BCUT2D eigenvalue weighted by Gasteiger charge is -2.07. The van der Waals surface area contributed by atoms with Crippen molar-refractivity contribution in [2.45, 2.75) is 33.4 Å². The van der Waals surface area contributed by atoms with E-state index in [-0.39, 0.29) is 6.61 Å². The van der Waals surface area contributed by atoms with Gasteiger partial charge in [-0.05, 0) is 49.2 Å². The molecular formula is C22H22ClN5O3S. The Bertz CT molecular complexity index is 1270. The second kappa shape index (κ2) is 9.54. The van der Waals surface area contributed by atoms with Gasteiger partial charge in [-0.15, -0.1) is 5.10 Å². The van der Waals surface area contributed by atoms with E-state index in [4.69, 9.17) is 21.1 Å². The highest BCUT2D eigenvalue weighted by molar-refractivity contribution is 7.19. The number of aryl methyl sites for hydroxylation is 2. The van der Waals surface area contributed by atoms with E-state index < -0.39 is 6.09 Å². The maximum Gasteiger partial charge on any atom is 0.412 e. The number of rotatable bonds is 7. The number of hydrogen-bond donors (Lipinski definition) is 1. The van der Waals surface area contributed by atoms with Gasteiger partial charge in [0.15, 0.2) is 0 Å². The van der Waals surface area contributed by atoms with Crippen LogP contribution in [0.15, 0.2) is 36.4 Å². The molecule has 2 heterocycles. The van der Waals surface area contributed by atoms with Crippen LogP contribution in [0.5, 0.6) is 5.75 Å². The minimum atomic E-state index is -0.546. The summed E-state index contributed by atoms with van der Waals surface area (Å²) < 4.78 is 12.7. The topological polar surface area (TPSA) is 91.2 Å². The van der Waals surface area contributed by atoms with Crippen LogP contribution < -0.4 is 10.1 Å². The molecule has 2 aromatic heterocycles. The first-order valence-electron chi connectivity index (χ1n) is 10.1. The van der Waals surface area contributed by atoms with Crippen molar-refractivity contribution in [2.24, 2.45) is 0 Å². The Morgan fingerprint density at radius 2 is 2.06 bits per heavy atom. The molecule has 0 aliphatic carbocycles. The number of benzene rings is 2. The molecule has 1 amide bonds. The minimum absolute atomic E-state index is 0.124. The number of halogens is 1. The van der Waals surface area contributed by atoms with E-state index in [1.807, 2.05) is 42.8 Å². The summed E-state index contributed by atoms with van der Waals surface area (Å²) in [7, 11) is 1.58. The van der Waals surface area contributed by atoms with E-state index in [2.05, 4.69) is 20.6 Å². The average Bonchev–Trinajstić information content (AvgIpc) is 3.40. The number of thiazole rings is 1. The van der Waals surface area contributed by atoms with Gasteiger partial charge in [0.25, 0.3) is 0 Å². The zero-order chi connectivity index (χ0) is 22.7. The number of ether oxygens (including phenoxy) is 2. The Morgan fingerprint density at radius 1 is 1.22 bits per heavy atom. The molecule has 0 aliphatic heterocycles. The number of amides is 1. The number of carbonyl (C=O) groups is 1. The number of methoxy groups -OCH3 is 1. The van der Waals surface area contributed by atoms with Gasteiger partial charge in [-0.2, -0.15) is 0 Å². The molecule has 4 rings (SSSR count). The lowest BCUT2D eigenvalue weighted by Crippen LogP contribution is -2.13. The van der Waals surface area contributed by atoms with Crippen molar-refractivity contribution < 1.29 is 14.3 Å². The SMILES string of the molecule is CCc1nc(-c2ccc(Cl)cc2OC)sc1NC(=O)OCc1ccc2c(c1)nnn2CC. The summed E-state index contributed by atoms with van der Waals surface area (Å²) in [5.41, 5.74) is 4.14. The normalized spacial score (nSPS) is 11.0. The van der Waals surface area contributed by atoms with Gasteiger partial charge in [0.2, 0.25) is 0 Å². The molecule has 1 N–H and O–H groups in total. The number of aromatic nitrogens is 4. The van der Waals surface area contributed by atoms with Gasteiger partial charge < -0.3 is 9.47 Å². The highest BCUT2D eigenvalue weighted by Gasteiger charge is 2.17. The van der Waals surface area contributed by atoms with E-state index in [1.165, 1.54) is 11.3 Å². The monoisotopic (exact) mass is 471 g/mol. The van der Waals surface area contributed by atoms with Crippen molar-refractivity contribution in [3.8, 4) is 16.3 Å². The Labute approximate surface area is 194 Å². The second-order valence-corrected chi connectivity index (χ2v) is 8.36. The van der Waals surface area contributed by atoms with E-state index in [0.717, 1.165) is 39.4 Å². The number of nitrogens with zero attached hydrogens (tertiary/aromatic N) is 4. The fourth-order valence-electron chi connectivity index (χ4n) is 3.26. The van der Waals surface area contributed by atoms with Crippen LogP contribution in [0.25, 0.3) is 21.6 Å². The van der Waals surface area contributed by atoms with Crippen LogP contribution in [-0.4, -0.2) is 33.2 Å². The molecule has 0 saturated heterocycles. The molecule has 0 spiro atoms. The minimum Gasteiger partial charge on any atom is -0.496 e.